The predicted molar refractivity (Wildman–Crippen MR) is 76.9 cm³/mol. The molecule has 1 fully saturated rings. The molecule has 0 radical (unpaired) electrons. The standard InChI is InChI=1S/C14H27N3O3/c1-9(2)6-10-7-14(10,11(15)17-19)8-16-12(18)20-13(3,4)5/h9-10,19H,6-8H2,1-5H3,(H2,15,17)(H,16,18). The number of hydrogen-bond donors (Lipinski definition) is 4. The molecule has 116 valence electrons. The van der Waals surface area contributed by atoms with Gasteiger partial charge in [0.2, 0.25) is 0 Å². The minimum Gasteiger partial charge on any atom is -0.444 e. The third-order valence-corrected chi connectivity index (χ3v) is 3.54. The summed E-state index contributed by atoms with van der Waals surface area (Å²) in [6.45, 7) is 9.97. The van der Waals surface area contributed by atoms with Gasteiger partial charge in [0.05, 0.1) is 5.41 Å². The van der Waals surface area contributed by atoms with Gasteiger partial charge in [0.15, 0.2) is 0 Å². The van der Waals surface area contributed by atoms with Crippen molar-refractivity contribution in [1.29, 1.82) is 5.41 Å². The zero-order valence-electron chi connectivity index (χ0n) is 13.0. The van der Waals surface area contributed by atoms with Gasteiger partial charge in [-0.25, -0.2) is 4.79 Å². The Morgan fingerprint density at radius 2 is 2.10 bits per heavy atom. The number of ether oxygens (including phenoxy) is 1. The van der Waals surface area contributed by atoms with Crippen LogP contribution in [-0.4, -0.2) is 29.3 Å². The first-order valence-corrected chi connectivity index (χ1v) is 7.06. The largest absolute Gasteiger partial charge is 0.444 e. The molecule has 0 aromatic heterocycles. The third-order valence-electron chi connectivity index (χ3n) is 3.54. The highest BCUT2D eigenvalue weighted by Gasteiger charge is 2.57. The summed E-state index contributed by atoms with van der Waals surface area (Å²) in [7, 11) is 0. The Labute approximate surface area is 120 Å². The zero-order chi connectivity index (χ0) is 15.6. The van der Waals surface area contributed by atoms with Crippen molar-refractivity contribution in [2.24, 2.45) is 17.3 Å². The fraction of sp³-hybridized carbons (Fsp3) is 0.857. The molecular weight excluding hydrogens is 258 g/mol. The summed E-state index contributed by atoms with van der Waals surface area (Å²) in [4.78, 5) is 11.7. The normalized spacial score (nSPS) is 25.2. The van der Waals surface area contributed by atoms with E-state index in [2.05, 4.69) is 19.2 Å². The van der Waals surface area contributed by atoms with Gasteiger partial charge in [-0.15, -0.1) is 0 Å². The van der Waals surface area contributed by atoms with Crippen LogP contribution in [0.4, 0.5) is 4.79 Å². The minimum absolute atomic E-state index is 0.0687. The molecule has 1 aliphatic rings. The SMILES string of the molecule is CC(C)CC1CC1(CNC(=O)OC(C)(C)C)C(=N)NO. The van der Waals surface area contributed by atoms with E-state index < -0.39 is 17.1 Å². The lowest BCUT2D eigenvalue weighted by Gasteiger charge is -2.23. The quantitative estimate of drug-likeness (QED) is 0.354. The number of nitrogens with one attached hydrogen (secondary N) is 3. The number of amides is 1. The molecule has 0 heterocycles. The van der Waals surface area contributed by atoms with Gasteiger partial charge in [-0.05, 0) is 45.4 Å². The maximum absolute atomic E-state index is 11.7. The van der Waals surface area contributed by atoms with E-state index in [-0.39, 0.29) is 5.84 Å². The van der Waals surface area contributed by atoms with Crippen molar-refractivity contribution in [3.05, 3.63) is 0 Å². The lowest BCUT2D eigenvalue weighted by atomic mass is 9.96. The number of carbonyl (C=O) groups excluding carboxylic acids is 1. The minimum atomic E-state index is -0.541. The number of carbonyl (C=O) groups is 1. The van der Waals surface area contributed by atoms with Crippen molar-refractivity contribution in [2.75, 3.05) is 6.54 Å². The number of rotatable bonds is 5. The summed E-state index contributed by atoms with van der Waals surface area (Å²) in [5.41, 5.74) is 0.917. The van der Waals surface area contributed by atoms with Gasteiger partial charge in [0.25, 0.3) is 0 Å². The number of amidine groups is 1. The molecule has 1 aliphatic carbocycles. The second-order valence-electron chi connectivity index (χ2n) is 7.03. The van der Waals surface area contributed by atoms with Gasteiger partial charge < -0.3 is 10.1 Å². The molecule has 1 saturated carbocycles. The predicted octanol–water partition coefficient (Wildman–Crippen LogP) is 2.52. The maximum atomic E-state index is 11.7. The van der Waals surface area contributed by atoms with Gasteiger partial charge in [0, 0.05) is 6.54 Å². The average Bonchev–Trinajstić information content (AvgIpc) is 2.97. The van der Waals surface area contributed by atoms with Gasteiger partial charge in [-0.3, -0.25) is 16.1 Å². The highest BCUT2D eigenvalue weighted by Crippen LogP contribution is 2.55. The van der Waals surface area contributed by atoms with Crippen LogP contribution < -0.4 is 10.8 Å². The van der Waals surface area contributed by atoms with Crippen LogP contribution in [0.3, 0.4) is 0 Å². The highest BCUT2D eigenvalue weighted by molar-refractivity contribution is 5.88. The first-order valence-electron chi connectivity index (χ1n) is 7.06. The molecule has 4 N–H and O–H groups in total. The summed E-state index contributed by atoms with van der Waals surface area (Å²) < 4.78 is 5.19. The van der Waals surface area contributed by atoms with E-state index in [9.17, 15) is 4.79 Å². The highest BCUT2D eigenvalue weighted by atomic mass is 16.6. The van der Waals surface area contributed by atoms with Crippen LogP contribution in [0.15, 0.2) is 0 Å². The van der Waals surface area contributed by atoms with Gasteiger partial charge in [-0.2, -0.15) is 0 Å². The van der Waals surface area contributed by atoms with Gasteiger partial charge in [0.1, 0.15) is 11.4 Å². The Hall–Kier alpha value is -1.30. The van der Waals surface area contributed by atoms with Crippen LogP contribution >= 0.6 is 0 Å². The molecule has 6 nitrogen and oxygen atoms in total. The van der Waals surface area contributed by atoms with Crippen LogP contribution in [0.25, 0.3) is 0 Å². The van der Waals surface area contributed by atoms with Crippen LogP contribution in [-0.2, 0) is 4.74 Å². The van der Waals surface area contributed by atoms with E-state index in [1.807, 2.05) is 5.48 Å². The maximum Gasteiger partial charge on any atom is 0.407 e. The first kappa shape index (κ1) is 16.8. The Kier molecular flexibility index (Phi) is 5.02. The summed E-state index contributed by atoms with van der Waals surface area (Å²) in [5.74, 6) is 0.902. The fourth-order valence-electron chi connectivity index (χ4n) is 2.53. The molecular formula is C14H27N3O3. The Morgan fingerprint density at radius 1 is 1.50 bits per heavy atom. The topological polar surface area (TPSA) is 94.4 Å². The lowest BCUT2D eigenvalue weighted by Crippen LogP contribution is -2.42. The molecule has 0 aromatic rings. The smallest absolute Gasteiger partial charge is 0.407 e. The first-order chi connectivity index (χ1) is 9.10. The van der Waals surface area contributed by atoms with Crippen molar-refractivity contribution < 1.29 is 14.7 Å². The second-order valence-corrected chi connectivity index (χ2v) is 7.03. The van der Waals surface area contributed by atoms with E-state index in [0.717, 1.165) is 12.8 Å². The molecule has 0 bridgehead atoms. The summed E-state index contributed by atoms with van der Waals surface area (Å²) in [5, 5.41) is 19.6. The van der Waals surface area contributed by atoms with Crippen LogP contribution in [0, 0.1) is 22.7 Å². The average molecular weight is 285 g/mol. The van der Waals surface area contributed by atoms with E-state index in [1.54, 1.807) is 20.8 Å². The molecule has 0 aromatic carbocycles. The molecule has 1 amide bonds. The number of hydroxylamine groups is 1. The number of hydrogen-bond acceptors (Lipinski definition) is 4. The van der Waals surface area contributed by atoms with Crippen molar-refractivity contribution in [3.8, 4) is 0 Å². The Balaban J connectivity index is 2.57. The van der Waals surface area contributed by atoms with E-state index in [0.29, 0.717) is 18.4 Å². The molecule has 6 heteroatoms. The molecule has 2 atom stereocenters. The summed E-state index contributed by atoms with van der Waals surface area (Å²) in [6, 6.07) is 0. The summed E-state index contributed by atoms with van der Waals surface area (Å²) >= 11 is 0. The molecule has 0 spiro atoms. The van der Waals surface area contributed by atoms with Gasteiger partial charge >= 0.3 is 6.09 Å². The van der Waals surface area contributed by atoms with E-state index in [1.165, 1.54) is 0 Å². The molecule has 0 saturated heterocycles. The Bertz CT molecular complexity index is 376. The van der Waals surface area contributed by atoms with Crippen LogP contribution in [0.5, 0.6) is 0 Å². The summed E-state index contributed by atoms with van der Waals surface area (Å²) in [6.07, 6.45) is 1.28. The lowest BCUT2D eigenvalue weighted by molar-refractivity contribution is 0.0519. The van der Waals surface area contributed by atoms with Gasteiger partial charge in [-0.1, -0.05) is 13.8 Å². The third kappa shape index (κ3) is 4.37. The second kappa shape index (κ2) is 5.99. The zero-order valence-corrected chi connectivity index (χ0v) is 13.0. The number of alkyl carbamates (subject to hydrolysis) is 1. The van der Waals surface area contributed by atoms with E-state index in [4.69, 9.17) is 15.4 Å². The van der Waals surface area contributed by atoms with Crippen molar-refractivity contribution in [1.82, 2.24) is 10.8 Å². The van der Waals surface area contributed by atoms with Crippen molar-refractivity contribution >= 4 is 11.9 Å². The molecule has 2 unspecified atom stereocenters. The molecule has 0 aliphatic heterocycles. The monoisotopic (exact) mass is 285 g/mol. The van der Waals surface area contributed by atoms with E-state index >= 15 is 0 Å². The van der Waals surface area contributed by atoms with Crippen molar-refractivity contribution in [2.45, 2.75) is 53.1 Å². The molecule has 20 heavy (non-hydrogen) atoms. The van der Waals surface area contributed by atoms with Crippen LogP contribution in [0.1, 0.15) is 47.5 Å². The van der Waals surface area contributed by atoms with Crippen LogP contribution in [0.2, 0.25) is 0 Å². The molecule has 1 rings (SSSR count). The van der Waals surface area contributed by atoms with Crippen molar-refractivity contribution in [3.63, 3.8) is 0 Å². The fourth-order valence-corrected chi connectivity index (χ4v) is 2.53. The Morgan fingerprint density at radius 3 is 2.55 bits per heavy atom.